The van der Waals surface area contributed by atoms with E-state index in [4.69, 9.17) is 9.72 Å². The van der Waals surface area contributed by atoms with Crippen LogP contribution in [0.5, 0.6) is 0 Å². The Morgan fingerprint density at radius 3 is 2.66 bits per heavy atom. The van der Waals surface area contributed by atoms with E-state index in [0.717, 1.165) is 43.2 Å². The summed E-state index contributed by atoms with van der Waals surface area (Å²) in [6, 6.07) is 12.0. The molecule has 0 bridgehead atoms. The minimum atomic E-state index is -0.0978. The average molecular weight is 453 g/mol. The van der Waals surface area contributed by atoms with Gasteiger partial charge in [-0.25, -0.2) is 4.98 Å². The fourth-order valence-electron chi connectivity index (χ4n) is 4.87. The van der Waals surface area contributed by atoms with Crippen molar-refractivity contribution in [2.45, 2.75) is 43.6 Å². The summed E-state index contributed by atoms with van der Waals surface area (Å²) >= 11 is 1.71. The maximum Gasteiger partial charge on any atom is 0.258 e. The molecule has 2 aliphatic heterocycles. The van der Waals surface area contributed by atoms with Crippen LogP contribution < -0.4 is 15.1 Å². The second kappa shape index (κ2) is 8.94. The molecule has 3 heterocycles. The zero-order chi connectivity index (χ0) is 22.1. The van der Waals surface area contributed by atoms with E-state index in [1.165, 1.54) is 30.6 Å². The van der Waals surface area contributed by atoms with Crippen molar-refractivity contribution in [2.75, 3.05) is 54.2 Å². The van der Waals surface area contributed by atoms with Crippen molar-refractivity contribution in [3.8, 4) is 0 Å². The maximum atomic E-state index is 13.3. The third-order valence-corrected chi connectivity index (χ3v) is 7.84. The molecular formula is C25H32N4O2S. The number of pyridine rings is 1. The number of carbonyl (C=O) groups excluding carboxylic acids is 1. The summed E-state index contributed by atoms with van der Waals surface area (Å²) < 4.78 is 5.64. The van der Waals surface area contributed by atoms with E-state index >= 15 is 0 Å². The lowest BCUT2D eigenvalue weighted by molar-refractivity contribution is 0.0529. The molecule has 0 unspecified atom stereocenters. The van der Waals surface area contributed by atoms with Gasteiger partial charge in [-0.05, 0) is 74.6 Å². The number of nitrogens with zero attached hydrogens (tertiary/aromatic N) is 3. The molecule has 1 saturated carbocycles. The largest absolute Gasteiger partial charge is 0.375 e. The number of morpholine rings is 1. The fraction of sp³-hybridized carbons (Fsp3) is 0.520. The number of hydrogen-bond donors (Lipinski definition) is 1. The van der Waals surface area contributed by atoms with E-state index in [2.05, 4.69) is 34.4 Å². The van der Waals surface area contributed by atoms with Crippen LogP contribution in [-0.4, -0.2) is 56.0 Å². The summed E-state index contributed by atoms with van der Waals surface area (Å²) in [7, 11) is 0. The summed E-state index contributed by atoms with van der Waals surface area (Å²) in [4.78, 5) is 23.9. The van der Waals surface area contributed by atoms with Gasteiger partial charge in [0, 0.05) is 31.1 Å². The topological polar surface area (TPSA) is 57.7 Å². The number of hydrogen-bond acceptors (Lipinski definition) is 6. The molecule has 32 heavy (non-hydrogen) atoms. The first-order valence-corrected chi connectivity index (χ1v) is 12.9. The molecule has 2 aromatic rings. The van der Waals surface area contributed by atoms with Crippen molar-refractivity contribution in [1.29, 1.82) is 0 Å². The lowest BCUT2D eigenvalue weighted by Crippen LogP contribution is -2.41. The summed E-state index contributed by atoms with van der Waals surface area (Å²) in [5.41, 5.74) is 2.38. The van der Waals surface area contributed by atoms with E-state index in [1.807, 2.05) is 30.3 Å². The van der Waals surface area contributed by atoms with Gasteiger partial charge >= 0.3 is 0 Å². The third kappa shape index (κ3) is 4.59. The van der Waals surface area contributed by atoms with E-state index < -0.39 is 0 Å². The molecule has 6 nitrogen and oxygen atoms in total. The molecular weight excluding hydrogens is 420 g/mol. The normalized spacial score (nSPS) is 22.1. The van der Waals surface area contributed by atoms with Crippen LogP contribution in [0.3, 0.4) is 0 Å². The number of ether oxygens (including phenoxy) is 1. The van der Waals surface area contributed by atoms with Crippen molar-refractivity contribution >= 4 is 35.0 Å². The first kappa shape index (κ1) is 21.6. The van der Waals surface area contributed by atoms with Gasteiger partial charge < -0.3 is 19.9 Å². The number of benzene rings is 1. The Morgan fingerprint density at radius 1 is 1.12 bits per heavy atom. The van der Waals surface area contributed by atoms with E-state index in [-0.39, 0.29) is 12.0 Å². The lowest BCUT2D eigenvalue weighted by Gasteiger charge is -2.35. The molecule has 3 aliphatic rings. The Balaban J connectivity index is 1.34. The second-order valence-corrected chi connectivity index (χ2v) is 10.2. The Kier molecular flexibility index (Phi) is 6.03. The highest BCUT2D eigenvalue weighted by atomic mass is 32.2. The summed E-state index contributed by atoms with van der Waals surface area (Å²) in [6.45, 7) is 6.44. The first-order valence-electron chi connectivity index (χ1n) is 11.6. The van der Waals surface area contributed by atoms with Gasteiger partial charge in [-0.15, -0.1) is 11.8 Å². The van der Waals surface area contributed by atoms with Crippen LogP contribution in [-0.2, 0) is 4.74 Å². The van der Waals surface area contributed by atoms with E-state index in [0.29, 0.717) is 17.8 Å². The van der Waals surface area contributed by atoms with Crippen LogP contribution in [0, 0.1) is 5.41 Å². The summed E-state index contributed by atoms with van der Waals surface area (Å²) in [6.07, 6.45) is 7.49. The lowest BCUT2D eigenvalue weighted by atomic mass is 9.93. The van der Waals surface area contributed by atoms with Crippen LogP contribution in [0.25, 0.3) is 0 Å². The van der Waals surface area contributed by atoms with Gasteiger partial charge in [-0.1, -0.05) is 6.07 Å². The van der Waals surface area contributed by atoms with Crippen LogP contribution in [0.15, 0.2) is 41.3 Å². The van der Waals surface area contributed by atoms with Gasteiger partial charge in [-0.3, -0.25) is 4.79 Å². The predicted octanol–water partition coefficient (Wildman–Crippen LogP) is 4.66. The second-order valence-electron chi connectivity index (χ2n) is 9.33. The molecule has 7 heteroatoms. The van der Waals surface area contributed by atoms with Gasteiger partial charge in [0.1, 0.15) is 11.6 Å². The smallest absolute Gasteiger partial charge is 0.258 e. The van der Waals surface area contributed by atoms with Crippen LogP contribution >= 0.6 is 11.8 Å². The van der Waals surface area contributed by atoms with Gasteiger partial charge in [-0.2, -0.15) is 0 Å². The molecule has 1 amide bonds. The highest BCUT2D eigenvalue weighted by Crippen LogP contribution is 2.54. The minimum Gasteiger partial charge on any atom is -0.375 e. The number of anilines is 3. The molecule has 1 aliphatic carbocycles. The van der Waals surface area contributed by atoms with Crippen LogP contribution in [0.2, 0.25) is 0 Å². The molecule has 1 spiro atoms. The number of nitrogens with one attached hydrogen (secondary N) is 1. The molecule has 5 rings (SSSR count). The summed E-state index contributed by atoms with van der Waals surface area (Å²) in [5.74, 6) is 1.36. The van der Waals surface area contributed by atoms with Gasteiger partial charge in [0.05, 0.1) is 24.0 Å². The molecule has 170 valence electrons. The van der Waals surface area contributed by atoms with Crippen LogP contribution in [0.1, 0.15) is 43.0 Å². The fourth-order valence-corrected chi connectivity index (χ4v) is 5.30. The Morgan fingerprint density at radius 2 is 1.94 bits per heavy atom. The molecule has 1 N–H and O–H groups in total. The number of carbonyl (C=O) groups is 1. The number of amides is 1. The molecule has 1 atom stereocenters. The van der Waals surface area contributed by atoms with Crippen molar-refractivity contribution in [3.63, 3.8) is 0 Å². The quantitative estimate of drug-likeness (QED) is 0.666. The number of aromatic nitrogens is 1. The molecule has 1 aromatic heterocycles. The Bertz CT molecular complexity index is 984. The van der Waals surface area contributed by atoms with Gasteiger partial charge in [0.2, 0.25) is 0 Å². The number of thioether (sulfide) groups is 1. The highest BCUT2D eigenvalue weighted by Gasteiger charge is 2.44. The van der Waals surface area contributed by atoms with Crippen molar-refractivity contribution in [2.24, 2.45) is 5.41 Å². The van der Waals surface area contributed by atoms with E-state index in [9.17, 15) is 4.79 Å². The first-order chi connectivity index (χ1) is 15.5. The minimum absolute atomic E-state index is 0.0978. The van der Waals surface area contributed by atoms with Crippen LogP contribution in [0.4, 0.5) is 17.3 Å². The zero-order valence-electron chi connectivity index (χ0n) is 19.0. The third-order valence-electron chi connectivity index (χ3n) is 7.11. The maximum absolute atomic E-state index is 13.3. The molecule has 1 aromatic carbocycles. The molecule has 0 radical (unpaired) electrons. The van der Waals surface area contributed by atoms with Crippen molar-refractivity contribution in [1.82, 2.24) is 4.98 Å². The molecule has 3 fully saturated rings. The monoisotopic (exact) mass is 452 g/mol. The average Bonchev–Trinajstić information content (AvgIpc) is 3.58. The van der Waals surface area contributed by atoms with Gasteiger partial charge in [0.15, 0.2) is 0 Å². The SMILES string of the molecule is CSc1ccc(C(=O)Nc2cccc(N3CCO[C@H](C)C3)n2)c(N2CCC3(CC2)CC3)c1. The van der Waals surface area contributed by atoms with E-state index in [1.54, 1.807) is 11.8 Å². The standard InChI is InChI=1S/C25H32N4O2S/c1-18-17-29(14-15-31-18)23-5-3-4-22(26-23)27-24(30)20-7-6-19(32-2)16-21(20)28-12-10-25(8-9-25)11-13-28/h3-7,16,18H,8-15,17H2,1-2H3,(H,26,27,30)/t18-/m1/s1. The Hall–Kier alpha value is -2.25. The predicted molar refractivity (Wildman–Crippen MR) is 131 cm³/mol. The van der Waals surface area contributed by atoms with Crippen molar-refractivity contribution in [3.05, 3.63) is 42.0 Å². The number of piperidine rings is 1. The zero-order valence-corrected chi connectivity index (χ0v) is 19.8. The summed E-state index contributed by atoms with van der Waals surface area (Å²) in [5, 5.41) is 3.05. The van der Waals surface area contributed by atoms with Crippen molar-refractivity contribution < 1.29 is 9.53 Å². The molecule has 2 saturated heterocycles. The van der Waals surface area contributed by atoms with Gasteiger partial charge in [0.25, 0.3) is 5.91 Å². The number of rotatable bonds is 5. The highest BCUT2D eigenvalue weighted by molar-refractivity contribution is 7.98. The Labute approximate surface area is 194 Å².